The first kappa shape index (κ1) is 25.2. The Hall–Kier alpha value is -1.08. The van der Waals surface area contributed by atoms with E-state index in [1.54, 1.807) is 0 Å². The number of carbonyl (C=O) groups is 2. The van der Waals surface area contributed by atoms with Gasteiger partial charge in [0.05, 0.1) is 25.9 Å². The number of benzene rings is 1. The molecule has 2 heterocycles. The molecule has 3 rings (SSSR count). The van der Waals surface area contributed by atoms with Crippen molar-refractivity contribution in [2.75, 3.05) is 25.5 Å². The second-order valence-electron chi connectivity index (χ2n) is 7.90. The Morgan fingerprint density at radius 2 is 1.83 bits per heavy atom. The van der Waals surface area contributed by atoms with Gasteiger partial charge < -0.3 is 14.5 Å². The van der Waals surface area contributed by atoms with E-state index in [4.69, 9.17) is 4.74 Å². The fraction of sp³-hybridized carbons (Fsp3) is 0.478. The Balaban J connectivity index is 0.00000320. The molecule has 159 valence electrons. The van der Waals surface area contributed by atoms with Gasteiger partial charge in [-0.25, -0.2) is 4.79 Å². The number of esters is 1. The van der Waals surface area contributed by atoms with Crippen LogP contribution in [0.3, 0.4) is 0 Å². The van der Waals surface area contributed by atoms with E-state index >= 15 is 0 Å². The van der Waals surface area contributed by atoms with Gasteiger partial charge in [-0.3, -0.25) is 4.79 Å². The minimum Gasteiger partial charge on any atom is -0.465 e. The molecule has 7 heteroatoms. The second kappa shape index (κ2) is 11.5. The quantitative estimate of drug-likeness (QED) is 0.437. The van der Waals surface area contributed by atoms with Crippen LogP contribution in [0, 0.1) is 6.92 Å². The number of ether oxygens (including phenoxy) is 1. The number of likely N-dealkylation sites (tertiary alicyclic amines) is 1. The zero-order valence-corrected chi connectivity index (χ0v) is 21.8. The Morgan fingerprint density at radius 1 is 1.17 bits per heavy atom. The van der Waals surface area contributed by atoms with E-state index < -0.39 is 5.97 Å². The molecule has 1 aromatic carbocycles. The predicted octanol–water partition coefficient (Wildman–Crippen LogP) is 4.76. The molecule has 1 unspecified atom stereocenters. The van der Waals surface area contributed by atoms with Crippen LogP contribution in [-0.2, 0) is 48.8 Å². The summed E-state index contributed by atoms with van der Waals surface area (Å²) < 4.78 is 5.67. The predicted molar refractivity (Wildman–Crippen MR) is 117 cm³/mol. The molecule has 5 nitrogen and oxygen atoms in total. The van der Waals surface area contributed by atoms with E-state index in [0.29, 0.717) is 10.6 Å². The molecular formula is C23H31N2O3SY+. The van der Waals surface area contributed by atoms with Crippen LogP contribution >= 0.6 is 11.3 Å². The number of amides is 1. The SMILES string of the molecule is CCC(C(=O)Nc1c(C)csc1C(=O)OC)[N+]1(Cc2ccccc2)CCCCC1.[Y]. The number of nitrogens with zero attached hydrogens (tertiary/aromatic N) is 1. The summed E-state index contributed by atoms with van der Waals surface area (Å²) in [6, 6.07) is 10.3. The third-order valence-electron chi connectivity index (χ3n) is 5.99. The van der Waals surface area contributed by atoms with E-state index in [-0.39, 0.29) is 44.7 Å². The Labute approximate surface area is 208 Å². The minimum absolute atomic E-state index is 0. The first-order valence-electron chi connectivity index (χ1n) is 10.4. The van der Waals surface area contributed by atoms with Crippen molar-refractivity contribution >= 4 is 28.9 Å². The van der Waals surface area contributed by atoms with Crippen molar-refractivity contribution in [2.45, 2.75) is 52.1 Å². The van der Waals surface area contributed by atoms with Crippen LogP contribution in [0.2, 0.25) is 0 Å². The number of methoxy groups -OCH3 is 1. The van der Waals surface area contributed by atoms with Gasteiger partial charge >= 0.3 is 5.97 Å². The van der Waals surface area contributed by atoms with Crippen molar-refractivity contribution in [2.24, 2.45) is 0 Å². The molecule has 0 bridgehead atoms. The molecule has 0 saturated carbocycles. The van der Waals surface area contributed by atoms with Crippen LogP contribution in [-0.4, -0.2) is 42.6 Å². The first-order valence-corrected chi connectivity index (χ1v) is 11.3. The van der Waals surface area contributed by atoms with Gasteiger partial charge in [0.15, 0.2) is 6.04 Å². The van der Waals surface area contributed by atoms with Crippen molar-refractivity contribution in [1.29, 1.82) is 0 Å². The maximum atomic E-state index is 13.5. The minimum atomic E-state index is -0.405. The topological polar surface area (TPSA) is 55.4 Å². The van der Waals surface area contributed by atoms with Crippen molar-refractivity contribution in [3.63, 3.8) is 0 Å². The standard InChI is InChI=1S/C23H30N2O3S.Y/c1-4-19(22(26)24-20-17(2)16-29-21(20)23(27)28-3)25(13-9-6-10-14-25)15-18-11-7-5-8-12-18;/h5,7-8,11-12,16,19H,4,6,9-10,13-15H2,1-3H3;/p+1. The fourth-order valence-electron chi connectivity index (χ4n) is 4.54. The number of piperidine rings is 1. The third kappa shape index (κ3) is 5.58. The fourth-order valence-corrected chi connectivity index (χ4v) is 5.46. The van der Waals surface area contributed by atoms with Crippen LogP contribution in [0.4, 0.5) is 5.69 Å². The average Bonchev–Trinajstić information content (AvgIpc) is 3.09. The van der Waals surface area contributed by atoms with Gasteiger partial charge in [0.2, 0.25) is 0 Å². The van der Waals surface area contributed by atoms with E-state index in [1.807, 2.05) is 18.4 Å². The number of nitrogens with one attached hydrogen (secondary N) is 1. The van der Waals surface area contributed by atoms with Crippen molar-refractivity contribution in [1.82, 2.24) is 0 Å². The summed E-state index contributed by atoms with van der Waals surface area (Å²) in [7, 11) is 1.37. The molecule has 1 amide bonds. The largest absolute Gasteiger partial charge is 0.465 e. The smallest absolute Gasteiger partial charge is 0.350 e. The Bertz CT molecular complexity index is 847. The zero-order valence-electron chi connectivity index (χ0n) is 18.1. The number of anilines is 1. The van der Waals surface area contributed by atoms with Gasteiger partial charge in [0.1, 0.15) is 11.4 Å². The van der Waals surface area contributed by atoms with Gasteiger partial charge in [0, 0.05) is 44.7 Å². The summed E-state index contributed by atoms with van der Waals surface area (Å²) in [6.07, 6.45) is 4.27. The maximum Gasteiger partial charge on any atom is 0.350 e. The monoisotopic (exact) mass is 504 g/mol. The third-order valence-corrected chi connectivity index (χ3v) is 7.07. The van der Waals surface area contributed by atoms with Crippen LogP contribution in [0.5, 0.6) is 0 Å². The molecular weight excluding hydrogens is 473 g/mol. The number of rotatable bonds is 7. The number of carbonyl (C=O) groups excluding carboxylic acids is 2. The van der Waals surface area contributed by atoms with Crippen molar-refractivity contribution in [3.8, 4) is 0 Å². The van der Waals surface area contributed by atoms with Crippen LogP contribution in [0.15, 0.2) is 35.7 Å². The molecule has 2 aromatic rings. The van der Waals surface area contributed by atoms with Crippen molar-refractivity contribution in [3.05, 3.63) is 51.7 Å². The molecule has 1 fully saturated rings. The molecule has 1 saturated heterocycles. The van der Waals surface area contributed by atoms with Crippen molar-refractivity contribution < 1.29 is 51.5 Å². The summed E-state index contributed by atoms with van der Waals surface area (Å²) in [6.45, 7) is 6.88. The normalized spacial score (nSPS) is 16.2. The van der Waals surface area contributed by atoms with Gasteiger partial charge in [-0.2, -0.15) is 0 Å². The molecule has 1 aliphatic heterocycles. The number of aryl methyl sites for hydroxylation is 1. The van der Waals surface area contributed by atoms with Crippen LogP contribution < -0.4 is 5.32 Å². The van der Waals surface area contributed by atoms with Gasteiger partial charge in [0.25, 0.3) is 5.91 Å². The maximum absolute atomic E-state index is 13.5. The Morgan fingerprint density at radius 3 is 2.43 bits per heavy atom. The second-order valence-corrected chi connectivity index (χ2v) is 8.78. The summed E-state index contributed by atoms with van der Waals surface area (Å²) in [5.41, 5.74) is 2.76. The average molecular weight is 504 g/mol. The zero-order chi connectivity index (χ0) is 20.9. The Kier molecular flexibility index (Phi) is 9.67. The van der Waals surface area contributed by atoms with E-state index in [9.17, 15) is 9.59 Å². The molecule has 1 N–H and O–H groups in total. The molecule has 1 aromatic heterocycles. The number of quaternary nitrogens is 1. The number of hydrogen-bond donors (Lipinski definition) is 1. The molecule has 30 heavy (non-hydrogen) atoms. The van der Waals surface area contributed by atoms with Crippen LogP contribution in [0.25, 0.3) is 0 Å². The summed E-state index contributed by atoms with van der Waals surface area (Å²) in [5.74, 6) is -0.408. The van der Waals surface area contributed by atoms with Gasteiger partial charge in [-0.1, -0.05) is 37.3 Å². The summed E-state index contributed by atoms with van der Waals surface area (Å²) in [4.78, 5) is 26.0. The number of hydrogen-bond acceptors (Lipinski definition) is 4. The summed E-state index contributed by atoms with van der Waals surface area (Å²) in [5, 5.41) is 4.97. The van der Waals surface area contributed by atoms with Gasteiger partial charge in [-0.05, 0) is 37.1 Å². The van der Waals surface area contributed by atoms with E-state index in [1.165, 1.54) is 30.4 Å². The number of thiophene rings is 1. The van der Waals surface area contributed by atoms with E-state index in [0.717, 1.165) is 48.9 Å². The van der Waals surface area contributed by atoms with E-state index in [2.05, 4.69) is 36.5 Å². The first-order chi connectivity index (χ1) is 14.0. The molecule has 0 spiro atoms. The molecule has 0 aliphatic carbocycles. The van der Waals surface area contributed by atoms with Crippen LogP contribution in [0.1, 0.15) is 53.4 Å². The molecule has 1 aliphatic rings. The summed E-state index contributed by atoms with van der Waals surface area (Å²) >= 11 is 1.31. The molecule has 1 atom stereocenters. The molecule has 1 radical (unpaired) electrons. The van der Waals surface area contributed by atoms with Gasteiger partial charge in [-0.15, -0.1) is 11.3 Å².